The van der Waals surface area contributed by atoms with Crippen LogP contribution in [0.3, 0.4) is 0 Å². The second-order valence-electron chi connectivity index (χ2n) is 4.55. The van der Waals surface area contributed by atoms with E-state index >= 15 is 0 Å². The van der Waals surface area contributed by atoms with Crippen molar-refractivity contribution in [3.8, 4) is 0 Å². The van der Waals surface area contributed by atoms with E-state index in [1.165, 1.54) is 0 Å². The van der Waals surface area contributed by atoms with Gasteiger partial charge in [0.1, 0.15) is 11.3 Å². The normalized spacial score (nSPS) is 20.2. The average molecular weight is 231 g/mol. The van der Waals surface area contributed by atoms with Crippen LogP contribution in [0.25, 0.3) is 11.2 Å². The molecule has 0 aromatic carbocycles. The zero-order valence-corrected chi connectivity index (χ0v) is 10.1. The molecule has 3 rings (SSSR count). The summed E-state index contributed by atoms with van der Waals surface area (Å²) in [5.41, 5.74) is 2.01. The lowest BCUT2D eigenvalue weighted by Crippen LogP contribution is -2.10. The summed E-state index contributed by atoms with van der Waals surface area (Å²) in [6.45, 7) is 4.84. The van der Waals surface area contributed by atoms with Gasteiger partial charge in [0.25, 0.3) is 0 Å². The Morgan fingerprint density at radius 3 is 3.24 bits per heavy atom. The molecule has 4 nitrogen and oxygen atoms in total. The fraction of sp³-hybridized carbons (Fsp3) is 0.538. The van der Waals surface area contributed by atoms with Gasteiger partial charge in [-0.1, -0.05) is 0 Å². The van der Waals surface area contributed by atoms with Gasteiger partial charge in [-0.25, -0.2) is 9.97 Å². The van der Waals surface area contributed by atoms with Gasteiger partial charge in [-0.15, -0.1) is 0 Å². The molecule has 90 valence electrons. The van der Waals surface area contributed by atoms with Crippen LogP contribution in [0, 0.1) is 5.92 Å². The highest BCUT2D eigenvalue weighted by atomic mass is 16.5. The van der Waals surface area contributed by atoms with E-state index in [-0.39, 0.29) is 0 Å². The Bertz CT molecular complexity index is 514. The SMILES string of the molecule is CCn1c(CC2CCOC2)nc2cccnc21. The maximum atomic E-state index is 5.42. The zero-order chi connectivity index (χ0) is 11.7. The molecule has 0 aliphatic carbocycles. The quantitative estimate of drug-likeness (QED) is 0.811. The molecule has 0 spiro atoms. The predicted octanol–water partition coefficient (Wildman–Crippen LogP) is 2.03. The standard InChI is InChI=1S/C13H17N3O/c1-2-16-12(8-10-5-7-17-9-10)15-11-4-3-6-14-13(11)16/h3-4,6,10H,2,5,7-9H2,1H3. The molecule has 1 atom stereocenters. The average Bonchev–Trinajstić information content (AvgIpc) is 2.96. The maximum Gasteiger partial charge on any atom is 0.159 e. The van der Waals surface area contributed by atoms with Gasteiger partial charge in [-0.2, -0.15) is 0 Å². The van der Waals surface area contributed by atoms with Crippen molar-refractivity contribution >= 4 is 11.2 Å². The summed E-state index contributed by atoms with van der Waals surface area (Å²) in [4.78, 5) is 9.11. The number of nitrogens with zero attached hydrogens (tertiary/aromatic N) is 3. The lowest BCUT2D eigenvalue weighted by Gasteiger charge is -2.08. The van der Waals surface area contributed by atoms with Crippen molar-refractivity contribution in [1.29, 1.82) is 0 Å². The minimum atomic E-state index is 0.622. The van der Waals surface area contributed by atoms with E-state index in [1.807, 2.05) is 18.3 Å². The number of hydrogen-bond acceptors (Lipinski definition) is 3. The van der Waals surface area contributed by atoms with Gasteiger partial charge in [0.2, 0.25) is 0 Å². The molecule has 0 N–H and O–H groups in total. The molecule has 0 saturated carbocycles. The highest BCUT2D eigenvalue weighted by Gasteiger charge is 2.19. The molecule has 1 fully saturated rings. The first kappa shape index (κ1) is 10.7. The van der Waals surface area contributed by atoms with Crippen LogP contribution in [-0.2, 0) is 17.7 Å². The number of rotatable bonds is 3. The molecule has 2 aromatic heterocycles. The Hall–Kier alpha value is -1.42. The minimum Gasteiger partial charge on any atom is -0.381 e. The molecule has 0 bridgehead atoms. The largest absolute Gasteiger partial charge is 0.381 e. The lowest BCUT2D eigenvalue weighted by molar-refractivity contribution is 0.185. The van der Waals surface area contributed by atoms with Crippen LogP contribution in [-0.4, -0.2) is 27.7 Å². The summed E-state index contributed by atoms with van der Waals surface area (Å²) in [6, 6.07) is 3.97. The second-order valence-corrected chi connectivity index (χ2v) is 4.55. The first-order valence-corrected chi connectivity index (χ1v) is 6.26. The fourth-order valence-electron chi connectivity index (χ4n) is 2.50. The third-order valence-corrected chi connectivity index (χ3v) is 3.39. The number of imidazole rings is 1. The van der Waals surface area contributed by atoms with Crippen molar-refractivity contribution in [2.75, 3.05) is 13.2 Å². The van der Waals surface area contributed by atoms with Crippen molar-refractivity contribution in [3.63, 3.8) is 0 Å². The Labute approximate surface area is 101 Å². The Balaban J connectivity index is 1.96. The number of pyridine rings is 1. The van der Waals surface area contributed by atoms with Crippen LogP contribution in [0.2, 0.25) is 0 Å². The predicted molar refractivity (Wildman–Crippen MR) is 65.8 cm³/mol. The molecular formula is C13H17N3O. The maximum absolute atomic E-state index is 5.42. The van der Waals surface area contributed by atoms with Crippen LogP contribution < -0.4 is 0 Å². The third kappa shape index (κ3) is 1.93. The van der Waals surface area contributed by atoms with Crippen LogP contribution in [0.5, 0.6) is 0 Å². The van der Waals surface area contributed by atoms with Crippen molar-refractivity contribution in [3.05, 3.63) is 24.2 Å². The molecule has 3 heterocycles. The summed E-state index contributed by atoms with van der Waals surface area (Å²) >= 11 is 0. The highest BCUT2D eigenvalue weighted by Crippen LogP contribution is 2.20. The molecule has 0 amide bonds. The van der Waals surface area contributed by atoms with Crippen LogP contribution in [0.4, 0.5) is 0 Å². The monoisotopic (exact) mass is 231 g/mol. The number of fused-ring (bicyclic) bond motifs is 1. The molecule has 1 saturated heterocycles. The summed E-state index contributed by atoms with van der Waals surface area (Å²) in [5, 5.41) is 0. The van der Waals surface area contributed by atoms with Crippen molar-refractivity contribution in [2.24, 2.45) is 5.92 Å². The highest BCUT2D eigenvalue weighted by molar-refractivity contribution is 5.71. The smallest absolute Gasteiger partial charge is 0.159 e. The topological polar surface area (TPSA) is 39.9 Å². The Kier molecular flexibility index (Phi) is 2.81. The van der Waals surface area contributed by atoms with E-state index < -0.39 is 0 Å². The van der Waals surface area contributed by atoms with E-state index in [1.54, 1.807) is 0 Å². The van der Waals surface area contributed by atoms with Gasteiger partial charge < -0.3 is 9.30 Å². The number of aryl methyl sites for hydroxylation is 1. The molecule has 17 heavy (non-hydrogen) atoms. The van der Waals surface area contributed by atoms with Gasteiger partial charge in [-0.05, 0) is 31.4 Å². The van der Waals surface area contributed by atoms with Gasteiger partial charge in [-0.3, -0.25) is 0 Å². The Morgan fingerprint density at radius 2 is 2.47 bits per heavy atom. The van der Waals surface area contributed by atoms with Crippen molar-refractivity contribution in [2.45, 2.75) is 26.3 Å². The van der Waals surface area contributed by atoms with Crippen molar-refractivity contribution in [1.82, 2.24) is 14.5 Å². The fourth-order valence-corrected chi connectivity index (χ4v) is 2.50. The molecular weight excluding hydrogens is 214 g/mol. The van der Waals surface area contributed by atoms with Gasteiger partial charge in [0.15, 0.2) is 5.65 Å². The van der Waals surface area contributed by atoms with Gasteiger partial charge >= 0.3 is 0 Å². The minimum absolute atomic E-state index is 0.622. The summed E-state index contributed by atoms with van der Waals surface area (Å²) in [5.74, 6) is 1.77. The third-order valence-electron chi connectivity index (χ3n) is 3.39. The molecule has 1 aliphatic heterocycles. The molecule has 2 aromatic rings. The van der Waals surface area contributed by atoms with Gasteiger partial charge in [0, 0.05) is 32.4 Å². The number of aromatic nitrogens is 3. The molecule has 1 unspecified atom stereocenters. The first-order chi connectivity index (χ1) is 8.38. The van der Waals surface area contributed by atoms with E-state index in [0.29, 0.717) is 5.92 Å². The van der Waals surface area contributed by atoms with E-state index in [4.69, 9.17) is 9.72 Å². The van der Waals surface area contributed by atoms with E-state index in [9.17, 15) is 0 Å². The van der Waals surface area contributed by atoms with E-state index in [2.05, 4.69) is 16.5 Å². The number of hydrogen-bond donors (Lipinski definition) is 0. The van der Waals surface area contributed by atoms with E-state index in [0.717, 1.165) is 49.6 Å². The second kappa shape index (κ2) is 4.45. The van der Waals surface area contributed by atoms with Crippen LogP contribution in [0.1, 0.15) is 19.2 Å². The summed E-state index contributed by atoms with van der Waals surface area (Å²) in [7, 11) is 0. The molecule has 0 radical (unpaired) electrons. The van der Waals surface area contributed by atoms with Crippen LogP contribution in [0.15, 0.2) is 18.3 Å². The first-order valence-electron chi connectivity index (χ1n) is 6.26. The number of ether oxygens (including phenoxy) is 1. The summed E-state index contributed by atoms with van der Waals surface area (Å²) in [6.07, 6.45) is 3.99. The lowest BCUT2D eigenvalue weighted by atomic mass is 10.1. The Morgan fingerprint density at radius 1 is 1.53 bits per heavy atom. The zero-order valence-electron chi connectivity index (χ0n) is 10.1. The van der Waals surface area contributed by atoms with Crippen molar-refractivity contribution < 1.29 is 4.74 Å². The molecule has 4 heteroatoms. The summed E-state index contributed by atoms with van der Waals surface area (Å²) < 4.78 is 7.64. The van der Waals surface area contributed by atoms with Gasteiger partial charge in [0.05, 0.1) is 0 Å². The van der Waals surface area contributed by atoms with Crippen LogP contribution >= 0.6 is 0 Å². The molecule has 1 aliphatic rings.